The van der Waals surface area contributed by atoms with Gasteiger partial charge in [-0.25, -0.2) is 9.67 Å². The minimum Gasteiger partial charge on any atom is -0.333 e. The number of benzene rings is 2. The Morgan fingerprint density at radius 1 is 1.11 bits per heavy atom. The molecule has 1 amide bonds. The number of thiazole rings is 1. The van der Waals surface area contributed by atoms with E-state index in [0.717, 1.165) is 41.2 Å². The van der Waals surface area contributed by atoms with Crippen LogP contribution in [0.5, 0.6) is 0 Å². The molecule has 1 fully saturated rings. The van der Waals surface area contributed by atoms with Crippen molar-refractivity contribution < 1.29 is 4.79 Å². The van der Waals surface area contributed by atoms with Crippen LogP contribution in [0.3, 0.4) is 0 Å². The van der Waals surface area contributed by atoms with E-state index >= 15 is 0 Å². The summed E-state index contributed by atoms with van der Waals surface area (Å²) in [5.74, 6) is 0.148. The SMILES string of the molecule is O=C(Cc1cnn(-c2ccccc2)c1)N1CCCC1c1nc2ccccc2s1. The van der Waals surface area contributed by atoms with Crippen LogP contribution in [0.4, 0.5) is 0 Å². The zero-order valence-corrected chi connectivity index (χ0v) is 16.2. The van der Waals surface area contributed by atoms with E-state index in [4.69, 9.17) is 4.98 Å². The molecule has 1 saturated heterocycles. The summed E-state index contributed by atoms with van der Waals surface area (Å²) in [6, 6.07) is 18.2. The molecule has 6 heteroatoms. The molecule has 140 valence electrons. The maximum absolute atomic E-state index is 13.0. The number of amides is 1. The highest BCUT2D eigenvalue weighted by Gasteiger charge is 2.32. The van der Waals surface area contributed by atoms with E-state index in [2.05, 4.69) is 11.2 Å². The van der Waals surface area contributed by atoms with Crippen molar-refractivity contribution in [1.29, 1.82) is 0 Å². The summed E-state index contributed by atoms with van der Waals surface area (Å²) >= 11 is 1.70. The predicted molar refractivity (Wildman–Crippen MR) is 111 cm³/mol. The van der Waals surface area contributed by atoms with Crippen LogP contribution in [0.15, 0.2) is 67.0 Å². The molecule has 0 N–H and O–H groups in total. The molecule has 0 radical (unpaired) electrons. The Hall–Kier alpha value is -2.99. The number of rotatable bonds is 4. The third-order valence-electron chi connectivity index (χ3n) is 5.18. The molecule has 3 heterocycles. The highest BCUT2D eigenvalue weighted by Crippen LogP contribution is 2.36. The fourth-order valence-corrected chi connectivity index (χ4v) is 4.92. The van der Waals surface area contributed by atoms with Crippen molar-refractivity contribution in [3.05, 3.63) is 77.6 Å². The lowest BCUT2D eigenvalue weighted by Gasteiger charge is -2.22. The van der Waals surface area contributed by atoms with Gasteiger partial charge in [0, 0.05) is 12.7 Å². The van der Waals surface area contributed by atoms with Crippen molar-refractivity contribution in [1.82, 2.24) is 19.7 Å². The molecule has 1 atom stereocenters. The third kappa shape index (κ3) is 3.20. The Labute approximate surface area is 167 Å². The summed E-state index contributed by atoms with van der Waals surface area (Å²) in [5.41, 5.74) is 2.95. The smallest absolute Gasteiger partial charge is 0.227 e. The van der Waals surface area contributed by atoms with E-state index in [1.165, 1.54) is 4.70 Å². The molecule has 5 nitrogen and oxygen atoms in total. The standard InChI is InChI=1S/C22H20N4OS/c27-21(13-16-14-23-26(15-16)17-7-2-1-3-8-17)25-12-6-10-19(25)22-24-18-9-4-5-11-20(18)28-22/h1-5,7-9,11,14-15,19H,6,10,12-13H2. The Morgan fingerprint density at radius 3 is 2.79 bits per heavy atom. The first-order valence-electron chi connectivity index (χ1n) is 9.52. The van der Waals surface area contributed by atoms with Gasteiger partial charge in [0.2, 0.25) is 5.91 Å². The van der Waals surface area contributed by atoms with Crippen molar-refractivity contribution in [3.8, 4) is 5.69 Å². The summed E-state index contributed by atoms with van der Waals surface area (Å²) in [6.07, 6.45) is 6.10. The number of hydrogen-bond acceptors (Lipinski definition) is 4. The van der Waals surface area contributed by atoms with Gasteiger partial charge in [0.25, 0.3) is 0 Å². The van der Waals surface area contributed by atoms with Gasteiger partial charge in [0.15, 0.2) is 0 Å². The second kappa shape index (κ2) is 7.20. The van der Waals surface area contributed by atoms with E-state index in [0.29, 0.717) is 6.42 Å². The fraction of sp³-hybridized carbons (Fsp3) is 0.227. The Kier molecular flexibility index (Phi) is 4.41. The molecular weight excluding hydrogens is 368 g/mol. The number of carbonyl (C=O) groups is 1. The zero-order valence-electron chi connectivity index (χ0n) is 15.4. The number of nitrogens with zero attached hydrogens (tertiary/aromatic N) is 4. The van der Waals surface area contributed by atoms with Gasteiger partial charge in [0.1, 0.15) is 5.01 Å². The average Bonchev–Trinajstić information content (AvgIpc) is 3.47. The molecule has 0 spiro atoms. The molecule has 5 rings (SSSR count). The summed E-state index contributed by atoms with van der Waals surface area (Å²) in [6.45, 7) is 0.798. The molecular formula is C22H20N4OS. The Bertz CT molecular complexity index is 1080. The molecule has 1 aliphatic rings. The first-order chi connectivity index (χ1) is 13.8. The van der Waals surface area contributed by atoms with Gasteiger partial charge in [-0.3, -0.25) is 4.79 Å². The van der Waals surface area contributed by atoms with Crippen molar-refractivity contribution in [3.63, 3.8) is 0 Å². The fourth-order valence-electron chi connectivity index (χ4n) is 3.80. The highest BCUT2D eigenvalue weighted by molar-refractivity contribution is 7.18. The summed E-state index contributed by atoms with van der Waals surface area (Å²) in [5, 5.41) is 5.46. The van der Waals surface area contributed by atoms with Crippen LogP contribution in [0.25, 0.3) is 15.9 Å². The van der Waals surface area contributed by atoms with Crippen molar-refractivity contribution in [2.45, 2.75) is 25.3 Å². The zero-order chi connectivity index (χ0) is 18.9. The molecule has 4 aromatic rings. The van der Waals surface area contributed by atoms with Crippen LogP contribution in [-0.2, 0) is 11.2 Å². The third-order valence-corrected chi connectivity index (χ3v) is 6.32. The number of likely N-dealkylation sites (tertiary alicyclic amines) is 1. The molecule has 1 aliphatic heterocycles. The molecule has 2 aromatic carbocycles. The number of fused-ring (bicyclic) bond motifs is 1. The van der Waals surface area contributed by atoms with Crippen LogP contribution < -0.4 is 0 Å². The lowest BCUT2D eigenvalue weighted by atomic mass is 10.2. The number of aromatic nitrogens is 3. The van der Waals surface area contributed by atoms with E-state index in [1.807, 2.05) is 64.3 Å². The van der Waals surface area contributed by atoms with Crippen molar-refractivity contribution >= 4 is 27.5 Å². The maximum Gasteiger partial charge on any atom is 0.227 e. The van der Waals surface area contributed by atoms with Gasteiger partial charge >= 0.3 is 0 Å². The average molecular weight is 388 g/mol. The number of para-hydroxylation sites is 2. The largest absolute Gasteiger partial charge is 0.333 e. The normalized spacial score (nSPS) is 16.7. The van der Waals surface area contributed by atoms with Gasteiger partial charge in [-0.05, 0) is 42.7 Å². The summed E-state index contributed by atoms with van der Waals surface area (Å²) < 4.78 is 3.00. The van der Waals surface area contributed by atoms with E-state index in [-0.39, 0.29) is 11.9 Å². The topological polar surface area (TPSA) is 51.0 Å². The lowest BCUT2D eigenvalue weighted by Crippen LogP contribution is -2.31. The van der Waals surface area contributed by atoms with Gasteiger partial charge < -0.3 is 4.90 Å². The first kappa shape index (κ1) is 17.1. The van der Waals surface area contributed by atoms with Gasteiger partial charge in [-0.2, -0.15) is 5.10 Å². The first-order valence-corrected chi connectivity index (χ1v) is 10.3. The Balaban J connectivity index is 1.34. The summed E-state index contributed by atoms with van der Waals surface area (Å²) in [7, 11) is 0. The summed E-state index contributed by atoms with van der Waals surface area (Å²) in [4.78, 5) is 19.8. The number of hydrogen-bond donors (Lipinski definition) is 0. The van der Waals surface area contributed by atoms with Crippen molar-refractivity contribution in [2.75, 3.05) is 6.54 Å². The van der Waals surface area contributed by atoms with E-state index < -0.39 is 0 Å². The van der Waals surface area contributed by atoms with E-state index in [1.54, 1.807) is 17.5 Å². The maximum atomic E-state index is 13.0. The molecule has 28 heavy (non-hydrogen) atoms. The quantitative estimate of drug-likeness (QED) is 0.521. The van der Waals surface area contributed by atoms with Gasteiger partial charge in [0.05, 0.1) is 34.6 Å². The van der Waals surface area contributed by atoms with Crippen LogP contribution in [0.1, 0.15) is 29.5 Å². The van der Waals surface area contributed by atoms with Crippen LogP contribution in [0.2, 0.25) is 0 Å². The van der Waals surface area contributed by atoms with E-state index in [9.17, 15) is 4.79 Å². The second-order valence-electron chi connectivity index (χ2n) is 7.07. The van der Waals surface area contributed by atoms with Crippen LogP contribution >= 0.6 is 11.3 Å². The molecule has 0 aliphatic carbocycles. The van der Waals surface area contributed by atoms with Gasteiger partial charge in [-0.1, -0.05) is 30.3 Å². The molecule has 1 unspecified atom stereocenters. The predicted octanol–water partition coefficient (Wildman–Crippen LogP) is 4.39. The second-order valence-corrected chi connectivity index (χ2v) is 8.13. The van der Waals surface area contributed by atoms with Crippen molar-refractivity contribution in [2.24, 2.45) is 0 Å². The highest BCUT2D eigenvalue weighted by atomic mass is 32.1. The monoisotopic (exact) mass is 388 g/mol. The van der Waals surface area contributed by atoms with Crippen LogP contribution in [0, 0.1) is 0 Å². The minimum atomic E-state index is 0.0917. The molecule has 2 aromatic heterocycles. The molecule has 0 bridgehead atoms. The van der Waals surface area contributed by atoms with Gasteiger partial charge in [-0.15, -0.1) is 11.3 Å². The lowest BCUT2D eigenvalue weighted by molar-refractivity contribution is -0.131. The number of carbonyl (C=O) groups excluding carboxylic acids is 1. The minimum absolute atomic E-state index is 0.0917. The Morgan fingerprint density at radius 2 is 1.93 bits per heavy atom. The molecule has 0 saturated carbocycles. The van der Waals surface area contributed by atoms with Crippen LogP contribution in [-0.4, -0.2) is 32.1 Å².